The molecule has 0 amide bonds. The molecule has 0 saturated carbocycles. The Bertz CT molecular complexity index is 1470. The highest BCUT2D eigenvalue weighted by atomic mass is 32.2. The second kappa shape index (κ2) is 10.0. The summed E-state index contributed by atoms with van der Waals surface area (Å²) in [5, 5.41) is 8.23. The van der Waals surface area contributed by atoms with E-state index in [9.17, 15) is 8.42 Å². The van der Waals surface area contributed by atoms with Crippen LogP contribution in [0.2, 0.25) is 0 Å². The fraction of sp³-hybridized carbons (Fsp3) is 0.357. The van der Waals surface area contributed by atoms with Crippen molar-refractivity contribution < 1.29 is 13.2 Å². The highest BCUT2D eigenvalue weighted by molar-refractivity contribution is 7.92. The van der Waals surface area contributed by atoms with Gasteiger partial charge in [0.2, 0.25) is 0 Å². The van der Waals surface area contributed by atoms with Crippen LogP contribution in [0, 0.1) is 6.92 Å². The summed E-state index contributed by atoms with van der Waals surface area (Å²) < 4.78 is 33.9. The lowest BCUT2D eigenvalue weighted by Gasteiger charge is -2.28. The second-order valence-electron chi connectivity index (χ2n) is 9.65. The van der Waals surface area contributed by atoms with Crippen LogP contribution in [0.3, 0.4) is 0 Å². The van der Waals surface area contributed by atoms with E-state index in [-0.39, 0.29) is 5.25 Å². The molecule has 0 unspecified atom stereocenters. The molecule has 188 valence electrons. The molecule has 1 saturated heterocycles. The topological polar surface area (TPSA) is 76.8 Å². The van der Waals surface area contributed by atoms with Crippen LogP contribution in [0.5, 0.6) is 5.75 Å². The van der Waals surface area contributed by atoms with Crippen LogP contribution in [0.1, 0.15) is 29.7 Å². The molecule has 36 heavy (non-hydrogen) atoms. The van der Waals surface area contributed by atoms with E-state index in [4.69, 9.17) is 4.74 Å². The Hall–Kier alpha value is -3.23. The van der Waals surface area contributed by atoms with E-state index >= 15 is 0 Å². The van der Waals surface area contributed by atoms with Crippen LogP contribution in [0.15, 0.2) is 65.8 Å². The van der Waals surface area contributed by atoms with Gasteiger partial charge in [0.1, 0.15) is 12.1 Å². The van der Waals surface area contributed by atoms with Crippen molar-refractivity contribution >= 4 is 15.5 Å². The SMILES string of the molecule is COc1ccc(C)cc1CCc1ccc(-c2ccc(S(=O)(=O)C3CCN(C)CC3)cc2)c2nncn12. The Morgan fingerprint density at radius 3 is 2.47 bits per heavy atom. The van der Waals surface area contributed by atoms with Gasteiger partial charge < -0.3 is 9.64 Å². The van der Waals surface area contributed by atoms with E-state index in [0.717, 1.165) is 54.1 Å². The van der Waals surface area contributed by atoms with E-state index in [2.05, 4.69) is 40.2 Å². The Labute approximate surface area is 212 Å². The molecular formula is C28H32N4O3S. The zero-order valence-electron chi connectivity index (χ0n) is 21.0. The first-order chi connectivity index (χ1) is 17.4. The quantitative estimate of drug-likeness (QED) is 0.372. The van der Waals surface area contributed by atoms with Crippen LogP contribution in [-0.4, -0.2) is 60.4 Å². The van der Waals surface area contributed by atoms with Crippen LogP contribution < -0.4 is 4.74 Å². The van der Waals surface area contributed by atoms with Gasteiger partial charge in [-0.1, -0.05) is 29.8 Å². The standard InChI is InChI=1S/C28H32N4O3S/c1-20-4-13-27(35-3)22(18-20)5-8-23-9-12-26(28-30-29-19-32(23)28)21-6-10-24(11-7-21)36(33,34)25-14-16-31(2)17-15-25/h4,6-7,9-13,18-19,25H,5,8,14-17H2,1-3H3. The van der Waals surface area contributed by atoms with Crippen molar-refractivity contribution in [3.8, 4) is 16.9 Å². The number of pyridine rings is 1. The maximum absolute atomic E-state index is 13.2. The molecule has 0 aliphatic carbocycles. The van der Waals surface area contributed by atoms with Gasteiger partial charge in [-0.3, -0.25) is 4.40 Å². The van der Waals surface area contributed by atoms with Gasteiger partial charge in [0.05, 0.1) is 17.3 Å². The number of aromatic nitrogens is 3. The summed E-state index contributed by atoms with van der Waals surface area (Å²) in [6.45, 7) is 3.71. The van der Waals surface area contributed by atoms with Gasteiger partial charge in [-0.15, -0.1) is 10.2 Å². The lowest BCUT2D eigenvalue weighted by atomic mass is 10.0. The van der Waals surface area contributed by atoms with Gasteiger partial charge in [0, 0.05) is 11.3 Å². The number of hydrogen-bond donors (Lipinski definition) is 0. The molecule has 0 atom stereocenters. The molecule has 5 rings (SSSR count). The van der Waals surface area contributed by atoms with Crippen molar-refractivity contribution in [3.05, 3.63) is 77.7 Å². The normalized spacial score (nSPS) is 15.4. The Kier molecular flexibility index (Phi) is 6.81. The first kappa shape index (κ1) is 24.5. The summed E-state index contributed by atoms with van der Waals surface area (Å²) in [5.74, 6) is 0.896. The molecule has 1 aliphatic rings. The van der Waals surface area contributed by atoms with E-state index in [1.165, 1.54) is 11.1 Å². The highest BCUT2D eigenvalue weighted by Crippen LogP contribution is 2.29. The van der Waals surface area contributed by atoms with E-state index in [1.807, 2.05) is 35.7 Å². The molecule has 8 heteroatoms. The highest BCUT2D eigenvalue weighted by Gasteiger charge is 2.30. The number of nitrogens with zero attached hydrogens (tertiary/aromatic N) is 4. The van der Waals surface area contributed by atoms with Crippen molar-refractivity contribution in [2.24, 2.45) is 0 Å². The van der Waals surface area contributed by atoms with E-state index in [1.54, 1.807) is 25.6 Å². The maximum atomic E-state index is 13.2. The lowest BCUT2D eigenvalue weighted by Crippen LogP contribution is -2.37. The third-order valence-corrected chi connectivity index (χ3v) is 9.50. The largest absolute Gasteiger partial charge is 0.496 e. The van der Waals surface area contributed by atoms with Crippen LogP contribution in [0.4, 0.5) is 0 Å². The summed E-state index contributed by atoms with van der Waals surface area (Å²) in [6, 6.07) is 17.6. The van der Waals surface area contributed by atoms with Crippen molar-refractivity contribution in [1.29, 1.82) is 0 Å². The van der Waals surface area contributed by atoms with Crippen LogP contribution in [-0.2, 0) is 22.7 Å². The third-order valence-electron chi connectivity index (χ3n) is 7.23. The predicted octanol–water partition coefficient (Wildman–Crippen LogP) is 4.37. The summed E-state index contributed by atoms with van der Waals surface area (Å²) in [5.41, 5.74) is 6.08. The number of rotatable bonds is 7. The fourth-order valence-corrected chi connectivity index (χ4v) is 6.80. The third kappa shape index (κ3) is 4.75. The molecule has 0 spiro atoms. The monoisotopic (exact) mass is 504 g/mol. The number of likely N-dealkylation sites (tertiary alicyclic amines) is 1. The number of benzene rings is 2. The fourth-order valence-electron chi connectivity index (χ4n) is 5.07. The summed E-state index contributed by atoms with van der Waals surface area (Å²) in [6.07, 6.45) is 4.73. The maximum Gasteiger partial charge on any atom is 0.181 e. The van der Waals surface area contributed by atoms with Crippen LogP contribution >= 0.6 is 0 Å². The molecule has 3 heterocycles. The van der Waals surface area contributed by atoms with Crippen molar-refractivity contribution in [1.82, 2.24) is 19.5 Å². The Morgan fingerprint density at radius 1 is 1.00 bits per heavy atom. The van der Waals surface area contributed by atoms with Gasteiger partial charge in [-0.25, -0.2) is 8.42 Å². The molecule has 2 aromatic carbocycles. The minimum Gasteiger partial charge on any atom is -0.496 e. The van der Waals surface area contributed by atoms with Crippen molar-refractivity contribution in [3.63, 3.8) is 0 Å². The van der Waals surface area contributed by atoms with E-state index in [0.29, 0.717) is 17.7 Å². The molecule has 0 bridgehead atoms. The minimum absolute atomic E-state index is 0.311. The molecular weight excluding hydrogens is 472 g/mol. The first-order valence-corrected chi connectivity index (χ1v) is 13.9. The zero-order valence-corrected chi connectivity index (χ0v) is 21.8. The number of methoxy groups -OCH3 is 1. The molecule has 0 N–H and O–H groups in total. The van der Waals surface area contributed by atoms with Crippen molar-refractivity contribution in [2.75, 3.05) is 27.2 Å². The predicted molar refractivity (Wildman–Crippen MR) is 141 cm³/mol. The molecule has 0 radical (unpaired) electrons. The minimum atomic E-state index is -3.34. The number of sulfone groups is 1. The number of ether oxygens (including phenoxy) is 1. The van der Waals surface area contributed by atoms with Crippen LogP contribution in [0.25, 0.3) is 16.8 Å². The van der Waals surface area contributed by atoms with Gasteiger partial charge in [-0.2, -0.15) is 0 Å². The van der Waals surface area contributed by atoms with Gasteiger partial charge in [-0.05, 0) is 94.2 Å². The second-order valence-corrected chi connectivity index (χ2v) is 11.9. The van der Waals surface area contributed by atoms with E-state index < -0.39 is 9.84 Å². The average molecular weight is 505 g/mol. The molecule has 1 fully saturated rings. The zero-order chi connectivity index (χ0) is 25.3. The van der Waals surface area contributed by atoms with Gasteiger partial charge in [0.25, 0.3) is 0 Å². The summed E-state index contributed by atoms with van der Waals surface area (Å²) in [7, 11) is 0.399. The smallest absolute Gasteiger partial charge is 0.181 e. The molecule has 4 aromatic rings. The molecule has 2 aromatic heterocycles. The lowest BCUT2D eigenvalue weighted by molar-refractivity contribution is 0.277. The average Bonchev–Trinajstić information content (AvgIpc) is 3.38. The summed E-state index contributed by atoms with van der Waals surface area (Å²) >= 11 is 0. The summed E-state index contributed by atoms with van der Waals surface area (Å²) in [4.78, 5) is 2.57. The molecule has 7 nitrogen and oxygen atoms in total. The number of fused-ring (bicyclic) bond motifs is 1. The van der Waals surface area contributed by atoms with Gasteiger partial charge in [0.15, 0.2) is 15.5 Å². The first-order valence-electron chi connectivity index (χ1n) is 12.3. The Morgan fingerprint density at radius 2 is 1.75 bits per heavy atom. The Balaban J connectivity index is 1.39. The van der Waals surface area contributed by atoms with Crippen molar-refractivity contribution in [2.45, 2.75) is 42.8 Å². The number of hydrogen-bond acceptors (Lipinski definition) is 6. The molecule has 1 aliphatic heterocycles. The number of aryl methyl sites for hydroxylation is 3. The number of piperidine rings is 1. The van der Waals surface area contributed by atoms with Gasteiger partial charge >= 0.3 is 0 Å².